The van der Waals surface area contributed by atoms with Crippen LogP contribution >= 0.6 is 0 Å². The number of fused-ring (bicyclic) bond motifs is 3. The van der Waals surface area contributed by atoms with E-state index in [0.717, 1.165) is 6.42 Å². The van der Waals surface area contributed by atoms with Crippen molar-refractivity contribution in [2.45, 2.75) is 45.3 Å². The van der Waals surface area contributed by atoms with Gasteiger partial charge >= 0.3 is 5.69 Å². The van der Waals surface area contributed by atoms with Crippen LogP contribution < -0.4 is 5.69 Å². The SMILES string of the molecule is CC[C@H]1C[C@@H](n2c(=O)nc(-c3cnn(C)c3)c3oc4cc(F)c(-c5cnc(C)o5)cc4c32)CCO1. The van der Waals surface area contributed by atoms with E-state index >= 15 is 4.39 Å². The smallest absolute Gasteiger partial charge is 0.349 e. The van der Waals surface area contributed by atoms with Gasteiger partial charge in [0.1, 0.15) is 22.6 Å². The first kappa shape index (κ1) is 21.7. The van der Waals surface area contributed by atoms with Crippen molar-refractivity contribution in [2.75, 3.05) is 6.61 Å². The molecule has 6 rings (SSSR count). The summed E-state index contributed by atoms with van der Waals surface area (Å²) in [5.41, 5.74) is 2.20. The standard InChI is InChI=1S/C25H24FN5O4/c1-4-16-7-15(5-6-33-16)31-23-18-8-17(21-11-27-13(2)34-21)19(26)9-20(18)35-24(23)22(29-25(31)32)14-10-28-30(3)12-14/h8-12,15-16H,4-7H2,1-3H3/t15-,16-/m0/s1. The lowest BCUT2D eigenvalue weighted by Gasteiger charge is -2.30. The second kappa shape index (κ2) is 8.16. The normalized spacial score (nSPS) is 18.6. The summed E-state index contributed by atoms with van der Waals surface area (Å²) >= 11 is 0. The molecular formula is C25H24FN5O4. The Morgan fingerprint density at radius 1 is 1.23 bits per heavy atom. The average Bonchev–Trinajstić information content (AvgIpc) is 3.56. The lowest BCUT2D eigenvalue weighted by molar-refractivity contribution is -0.00709. The van der Waals surface area contributed by atoms with Crippen molar-refractivity contribution >= 4 is 22.1 Å². The predicted molar refractivity (Wildman–Crippen MR) is 126 cm³/mol. The monoisotopic (exact) mass is 477 g/mol. The maximum Gasteiger partial charge on any atom is 0.349 e. The quantitative estimate of drug-likeness (QED) is 0.367. The summed E-state index contributed by atoms with van der Waals surface area (Å²) in [5, 5.41) is 4.82. The van der Waals surface area contributed by atoms with Crippen LogP contribution in [0, 0.1) is 12.7 Å². The number of rotatable bonds is 4. The summed E-state index contributed by atoms with van der Waals surface area (Å²) in [6.07, 6.45) is 7.14. The highest BCUT2D eigenvalue weighted by molar-refractivity contribution is 6.07. The summed E-state index contributed by atoms with van der Waals surface area (Å²) in [6.45, 7) is 4.32. The Bertz CT molecular complexity index is 1630. The maximum absolute atomic E-state index is 15.1. The number of ether oxygens (including phenoxy) is 1. The van der Waals surface area contributed by atoms with Crippen molar-refractivity contribution in [3.05, 3.63) is 52.9 Å². The highest BCUT2D eigenvalue weighted by Crippen LogP contribution is 2.39. The fourth-order valence-electron chi connectivity index (χ4n) is 4.93. The first-order valence-electron chi connectivity index (χ1n) is 11.6. The molecule has 1 fully saturated rings. The highest BCUT2D eigenvalue weighted by atomic mass is 19.1. The van der Waals surface area contributed by atoms with Gasteiger partial charge in [-0.2, -0.15) is 10.1 Å². The number of oxazole rings is 1. The summed E-state index contributed by atoms with van der Waals surface area (Å²) in [5.74, 6) is 0.239. The minimum absolute atomic E-state index is 0.0528. The molecule has 2 atom stereocenters. The zero-order valence-corrected chi connectivity index (χ0v) is 19.6. The van der Waals surface area contributed by atoms with Crippen LogP contribution in [0.1, 0.15) is 38.1 Å². The molecular weight excluding hydrogens is 453 g/mol. The van der Waals surface area contributed by atoms with Gasteiger partial charge in [-0.05, 0) is 25.3 Å². The van der Waals surface area contributed by atoms with Gasteiger partial charge in [-0.15, -0.1) is 0 Å². The number of benzene rings is 1. The van der Waals surface area contributed by atoms with Crippen molar-refractivity contribution in [1.82, 2.24) is 24.3 Å². The van der Waals surface area contributed by atoms with Crippen molar-refractivity contribution < 1.29 is 18.0 Å². The Morgan fingerprint density at radius 2 is 2.09 bits per heavy atom. The van der Waals surface area contributed by atoms with Gasteiger partial charge in [0.2, 0.25) is 0 Å². The average molecular weight is 477 g/mol. The fourth-order valence-corrected chi connectivity index (χ4v) is 4.93. The van der Waals surface area contributed by atoms with Crippen LogP contribution in [0.3, 0.4) is 0 Å². The van der Waals surface area contributed by atoms with E-state index in [2.05, 4.69) is 22.0 Å². The number of halogens is 1. The van der Waals surface area contributed by atoms with Crippen molar-refractivity contribution in [1.29, 1.82) is 0 Å². The van der Waals surface area contributed by atoms with Crippen LogP contribution in [0.15, 0.2) is 44.4 Å². The molecule has 1 aromatic carbocycles. The minimum Gasteiger partial charge on any atom is -0.452 e. The molecule has 0 unspecified atom stereocenters. The largest absolute Gasteiger partial charge is 0.452 e. The molecule has 1 aliphatic heterocycles. The summed E-state index contributed by atoms with van der Waals surface area (Å²) in [4.78, 5) is 22.0. The third-order valence-corrected chi connectivity index (χ3v) is 6.65. The van der Waals surface area contributed by atoms with E-state index in [1.165, 1.54) is 12.3 Å². The number of hydrogen-bond donors (Lipinski definition) is 0. The Hall–Kier alpha value is -3.79. The van der Waals surface area contributed by atoms with E-state index in [9.17, 15) is 4.79 Å². The van der Waals surface area contributed by atoms with Crippen molar-refractivity contribution in [3.63, 3.8) is 0 Å². The van der Waals surface area contributed by atoms with Crippen LogP contribution in [0.2, 0.25) is 0 Å². The van der Waals surface area contributed by atoms with E-state index in [0.29, 0.717) is 64.4 Å². The van der Waals surface area contributed by atoms with Gasteiger partial charge in [0.05, 0.1) is 24.1 Å². The van der Waals surface area contributed by atoms with Gasteiger partial charge in [-0.3, -0.25) is 9.25 Å². The number of hydrogen-bond acceptors (Lipinski definition) is 7. The molecule has 5 heterocycles. The molecule has 5 aromatic rings. The van der Waals surface area contributed by atoms with Gasteiger partial charge in [-0.1, -0.05) is 6.92 Å². The van der Waals surface area contributed by atoms with Gasteiger partial charge in [-0.25, -0.2) is 14.2 Å². The molecule has 4 aromatic heterocycles. The zero-order chi connectivity index (χ0) is 24.3. The number of furan rings is 1. The van der Waals surface area contributed by atoms with E-state index < -0.39 is 5.82 Å². The molecule has 35 heavy (non-hydrogen) atoms. The minimum atomic E-state index is -0.505. The molecule has 0 bridgehead atoms. The summed E-state index contributed by atoms with van der Waals surface area (Å²) in [7, 11) is 1.79. The fraction of sp³-hybridized carbons (Fsp3) is 0.360. The Balaban J connectivity index is 1.68. The molecule has 1 saturated heterocycles. The van der Waals surface area contributed by atoms with Crippen LogP contribution in [0.5, 0.6) is 0 Å². The topological polar surface area (TPSA) is 101 Å². The lowest BCUT2D eigenvalue weighted by Crippen LogP contribution is -2.34. The molecule has 180 valence electrons. The zero-order valence-electron chi connectivity index (χ0n) is 19.6. The van der Waals surface area contributed by atoms with Gasteiger partial charge in [0.25, 0.3) is 0 Å². The molecule has 0 spiro atoms. The highest BCUT2D eigenvalue weighted by Gasteiger charge is 2.29. The molecule has 1 aliphatic rings. The Kier molecular flexibility index (Phi) is 5.06. The molecule has 0 amide bonds. The van der Waals surface area contributed by atoms with Crippen molar-refractivity contribution in [2.24, 2.45) is 7.05 Å². The molecule has 10 heteroatoms. The summed E-state index contributed by atoms with van der Waals surface area (Å²) in [6, 6.07) is 2.86. The first-order valence-corrected chi connectivity index (χ1v) is 11.6. The number of nitrogens with zero attached hydrogens (tertiary/aromatic N) is 5. The molecule has 9 nitrogen and oxygen atoms in total. The van der Waals surface area contributed by atoms with E-state index in [-0.39, 0.29) is 23.4 Å². The second-order valence-corrected chi connectivity index (χ2v) is 8.95. The first-order chi connectivity index (χ1) is 16.9. The van der Waals surface area contributed by atoms with E-state index in [1.54, 1.807) is 41.7 Å². The van der Waals surface area contributed by atoms with E-state index in [1.807, 2.05) is 0 Å². The third-order valence-electron chi connectivity index (χ3n) is 6.65. The van der Waals surface area contributed by atoms with Crippen LogP contribution in [-0.4, -0.2) is 37.0 Å². The van der Waals surface area contributed by atoms with Gasteiger partial charge in [0, 0.05) is 49.8 Å². The molecule has 0 aliphatic carbocycles. The second-order valence-electron chi connectivity index (χ2n) is 8.95. The molecule has 0 saturated carbocycles. The van der Waals surface area contributed by atoms with Gasteiger partial charge in [0.15, 0.2) is 17.2 Å². The van der Waals surface area contributed by atoms with Crippen molar-refractivity contribution in [3.8, 4) is 22.6 Å². The third kappa shape index (κ3) is 3.56. The number of aromatic nitrogens is 5. The predicted octanol–water partition coefficient (Wildman–Crippen LogP) is 4.78. The Labute approximate surface area is 199 Å². The number of aryl methyl sites for hydroxylation is 2. The maximum atomic E-state index is 15.1. The van der Waals surface area contributed by atoms with Crippen LogP contribution in [0.4, 0.5) is 4.39 Å². The lowest BCUT2D eigenvalue weighted by atomic mass is 10.0. The van der Waals surface area contributed by atoms with Crippen LogP contribution in [-0.2, 0) is 11.8 Å². The summed E-state index contributed by atoms with van der Waals surface area (Å²) < 4.78 is 36.1. The molecule has 0 N–H and O–H groups in total. The Morgan fingerprint density at radius 3 is 2.80 bits per heavy atom. The van der Waals surface area contributed by atoms with Crippen LogP contribution in [0.25, 0.3) is 44.7 Å². The molecule has 0 radical (unpaired) electrons. The van der Waals surface area contributed by atoms with E-state index in [4.69, 9.17) is 13.6 Å². The van der Waals surface area contributed by atoms with Gasteiger partial charge < -0.3 is 13.6 Å².